The van der Waals surface area contributed by atoms with Crippen molar-refractivity contribution < 1.29 is 9.53 Å². The number of fused-ring (bicyclic) bond motifs is 1. The van der Waals surface area contributed by atoms with Crippen molar-refractivity contribution in [1.29, 1.82) is 0 Å². The van der Waals surface area contributed by atoms with E-state index < -0.39 is 0 Å². The second kappa shape index (κ2) is 8.09. The number of carbonyl (C=O) groups is 1. The van der Waals surface area contributed by atoms with Gasteiger partial charge in [-0.05, 0) is 62.3 Å². The second-order valence-electron chi connectivity index (χ2n) is 7.70. The third-order valence-corrected chi connectivity index (χ3v) is 5.97. The van der Waals surface area contributed by atoms with Crippen LogP contribution in [-0.2, 0) is 0 Å². The van der Waals surface area contributed by atoms with Gasteiger partial charge in [0.25, 0.3) is 5.91 Å². The maximum atomic E-state index is 13.0. The van der Waals surface area contributed by atoms with E-state index in [1.165, 1.54) is 5.56 Å². The maximum Gasteiger partial charge on any atom is 0.270 e. The molecule has 3 aromatic rings. The normalized spacial score (nSPS) is 19.5. The zero-order chi connectivity index (χ0) is 19.5. The van der Waals surface area contributed by atoms with Crippen LogP contribution in [-0.4, -0.2) is 35.5 Å². The fraction of sp³-hybridized carbons (Fsp3) is 0.375. The van der Waals surface area contributed by atoms with Crippen LogP contribution in [0, 0.1) is 0 Å². The lowest BCUT2D eigenvalue weighted by Gasteiger charge is -2.34. The Bertz CT molecular complexity index is 940. The molecule has 2 aromatic carbocycles. The minimum atomic E-state index is 0.0670. The Hall–Kier alpha value is -2.75. The molecule has 4 heteroatoms. The Labute approximate surface area is 166 Å². The van der Waals surface area contributed by atoms with Crippen molar-refractivity contribution in [3.05, 3.63) is 65.9 Å². The highest BCUT2D eigenvalue weighted by Crippen LogP contribution is 2.34. The number of rotatable bonds is 5. The molecule has 1 amide bonds. The third-order valence-electron chi connectivity index (χ3n) is 5.97. The van der Waals surface area contributed by atoms with Crippen molar-refractivity contribution in [2.45, 2.75) is 44.6 Å². The molecule has 0 bridgehead atoms. The Morgan fingerprint density at radius 1 is 1.07 bits per heavy atom. The van der Waals surface area contributed by atoms with Gasteiger partial charge in [0.2, 0.25) is 0 Å². The summed E-state index contributed by atoms with van der Waals surface area (Å²) in [5, 5.41) is 1.04. The van der Waals surface area contributed by atoms with Gasteiger partial charge in [-0.25, -0.2) is 0 Å². The first-order valence-corrected chi connectivity index (χ1v) is 10.2. The molecule has 0 unspecified atom stereocenters. The molecule has 0 spiro atoms. The van der Waals surface area contributed by atoms with Crippen LogP contribution in [0.2, 0.25) is 0 Å². The molecule has 1 aliphatic carbocycles. The summed E-state index contributed by atoms with van der Waals surface area (Å²) in [5.74, 6) is 1.51. The van der Waals surface area contributed by atoms with Crippen LogP contribution >= 0.6 is 0 Å². The van der Waals surface area contributed by atoms with Crippen molar-refractivity contribution in [3.63, 3.8) is 0 Å². The summed E-state index contributed by atoms with van der Waals surface area (Å²) in [7, 11) is 1.94. The number of nitrogens with zero attached hydrogens (tertiary/aromatic N) is 1. The average Bonchev–Trinajstić information content (AvgIpc) is 3.17. The molecule has 0 radical (unpaired) electrons. The van der Waals surface area contributed by atoms with E-state index in [9.17, 15) is 4.79 Å². The summed E-state index contributed by atoms with van der Waals surface area (Å²) in [6.07, 6.45) is 4.38. The molecule has 1 aliphatic rings. The topological polar surface area (TPSA) is 45.3 Å². The number of aromatic amines is 1. The molecule has 1 N–H and O–H groups in total. The highest BCUT2D eigenvalue weighted by Gasteiger charge is 2.28. The van der Waals surface area contributed by atoms with Gasteiger partial charge in [-0.3, -0.25) is 4.79 Å². The number of carbonyl (C=O) groups excluding carboxylic acids is 1. The van der Waals surface area contributed by atoms with Gasteiger partial charge in [-0.2, -0.15) is 0 Å². The molecule has 0 atom stereocenters. The molecule has 1 saturated carbocycles. The molecular formula is C24H28N2O2. The van der Waals surface area contributed by atoms with Gasteiger partial charge in [0.1, 0.15) is 11.4 Å². The Balaban J connectivity index is 1.43. The van der Waals surface area contributed by atoms with E-state index in [0.717, 1.165) is 42.3 Å². The van der Waals surface area contributed by atoms with E-state index in [4.69, 9.17) is 4.74 Å². The van der Waals surface area contributed by atoms with E-state index in [0.29, 0.717) is 24.3 Å². The van der Waals surface area contributed by atoms with Crippen LogP contribution in [0.5, 0.6) is 5.75 Å². The predicted molar refractivity (Wildman–Crippen MR) is 113 cm³/mol. The summed E-state index contributed by atoms with van der Waals surface area (Å²) >= 11 is 0. The van der Waals surface area contributed by atoms with Gasteiger partial charge < -0.3 is 14.6 Å². The molecular weight excluding hydrogens is 348 g/mol. The highest BCUT2D eigenvalue weighted by atomic mass is 16.5. The number of H-pyrrole nitrogens is 1. The minimum Gasteiger partial charge on any atom is -0.494 e. The molecule has 28 heavy (non-hydrogen) atoms. The SMILES string of the molecule is CCOc1ccc2cc(C(=O)N(C)C3CCC(c4ccccc4)CC3)[nH]c2c1. The number of hydrogen-bond acceptors (Lipinski definition) is 2. The van der Waals surface area contributed by atoms with E-state index >= 15 is 0 Å². The number of benzene rings is 2. The summed E-state index contributed by atoms with van der Waals surface area (Å²) in [6.45, 7) is 2.60. The number of ether oxygens (including phenoxy) is 1. The lowest BCUT2D eigenvalue weighted by Crippen LogP contribution is -2.39. The number of hydrogen-bond donors (Lipinski definition) is 1. The monoisotopic (exact) mass is 376 g/mol. The molecule has 146 valence electrons. The molecule has 1 aromatic heterocycles. The van der Waals surface area contributed by atoms with Crippen LogP contribution in [0.3, 0.4) is 0 Å². The third kappa shape index (κ3) is 3.77. The molecule has 0 saturated heterocycles. The number of nitrogens with one attached hydrogen (secondary N) is 1. The largest absolute Gasteiger partial charge is 0.494 e. The molecule has 4 nitrogen and oxygen atoms in total. The van der Waals surface area contributed by atoms with Crippen LogP contribution in [0.1, 0.15) is 54.6 Å². The first-order valence-electron chi connectivity index (χ1n) is 10.2. The smallest absolute Gasteiger partial charge is 0.270 e. The Morgan fingerprint density at radius 2 is 1.82 bits per heavy atom. The summed E-state index contributed by atoms with van der Waals surface area (Å²) in [6, 6.07) is 18.9. The van der Waals surface area contributed by atoms with Gasteiger partial charge in [0.15, 0.2) is 0 Å². The van der Waals surface area contributed by atoms with Crippen LogP contribution in [0.15, 0.2) is 54.6 Å². The van der Waals surface area contributed by atoms with Crippen molar-refractivity contribution in [1.82, 2.24) is 9.88 Å². The van der Waals surface area contributed by atoms with E-state index in [2.05, 4.69) is 35.3 Å². The van der Waals surface area contributed by atoms with Crippen LogP contribution in [0.4, 0.5) is 0 Å². The molecule has 1 fully saturated rings. The van der Waals surface area contributed by atoms with Crippen molar-refractivity contribution in [2.24, 2.45) is 0 Å². The van der Waals surface area contributed by atoms with Gasteiger partial charge in [-0.1, -0.05) is 30.3 Å². The Kier molecular flexibility index (Phi) is 5.38. The van der Waals surface area contributed by atoms with Crippen LogP contribution in [0.25, 0.3) is 10.9 Å². The van der Waals surface area contributed by atoms with Gasteiger partial charge in [-0.15, -0.1) is 0 Å². The van der Waals surface area contributed by atoms with Gasteiger partial charge in [0.05, 0.1) is 6.61 Å². The van der Waals surface area contributed by atoms with Crippen molar-refractivity contribution in [3.8, 4) is 5.75 Å². The predicted octanol–water partition coefficient (Wildman–Crippen LogP) is 5.37. The maximum absolute atomic E-state index is 13.0. The fourth-order valence-corrected chi connectivity index (χ4v) is 4.36. The summed E-state index contributed by atoms with van der Waals surface area (Å²) < 4.78 is 5.56. The number of aromatic nitrogens is 1. The molecule has 4 rings (SSSR count). The molecule has 0 aliphatic heterocycles. The first kappa shape index (κ1) is 18.6. The van der Waals surface area contributed by atoms with E-state index in [1.807, 2.05) is 43.1 Å². The quantitative estimate of drug-likeness (QED) is 0.651. The van der Waals surface area contributed by atoms with Crippen LogP contribution < -0.4 is 4.74 Å². The Morgan fingerprint density at radius 3 is 2.54 bits per heavy atom. The zero-order valence-electron chi connectivity index (χ0n) is 16.7. The van der Waals surface area contributed by atoms with Crippen molar-refractivity contribution >= 4 is 16.8 Å². The fourth-order valence-electron chi connectivity index (χ4n) is 4.36. The lowest BCUT2D eigenvalue weighted by molar-refractivity contribution is 0.0684. The van der Waals surface area contributed by atoms with Gasteiger partial charge >= 0.3 is 0 Å². The van der Waals surface area contributed by atoms with E-state index in [1.54, 1.807) is 0 Å². The number of amides is 1. The van der Waals surface area contributed by atoms with Crippen molar-refractivity contribution in [2.75, 3.05) is 13.7 Å². The highest BCUT2D eigenvalue weighted by molar-refractivity contribution is 5.98. The minimum absolute atomic E-state index is 0.0670. The lowest BCUT2D eigenvalue weighted by atomic mass is 9.81. The second-order valence-corrected chi connectivity index (χ2v) is 7.70. The first-order chi connectivity index (χ1) is 13.7. The van der Waals surface area contributed by atoms with Gasteiger partial charge in [0, 0.05) is 30.1 Å². The summed E-state index contributed by atoms with van der Waals surface area (Å²) in [4.78, 5) is 18.2. The molecule has 1 heterocycles. The van der Waals surface area contributed by atoms with E-state index in [-0.39, 0.29) is 5.91 Å². The summed E-state index contributed by atoms with van der Waals surface area (Å²) in [5.41, 5.74) is 3.02. The average molecular weight is 377 g/mol. The standard InChI is InChI=1S/C24H28N2O2/c1-3-28-21-14-11-19-15-23(25-22(19)16-21)24(27)26(2)20-12-9-18(10-13-20)17-7-5-4-6-8-17/h4-8,11,14-16,18,20,25H,3,9-10,12-13H2,1-2H3. The zero-order valence-corrected chi connectivity index (χ0v) is 16.7.